The predicted molar refractivity (Wildman–Crippen MR) is 381 cm³/mol. The number of methoxy groups -OCH3 is 1. The Morgan fingerprint density at radius 2 is 1.32 bits per heavy atom. The van der Waals surface area contributed by atoms with Gasteiger partial charge in [0.15, 0.2) is 5.82 Å². The summed E-state index contributed by atoms with van der Waals surface area (Å²) in [5.41, 5.74) is 2.71. The number of amides is 10. The Labute approximate surface area is 599 Å². The minimum absolute atomic E-state index is 0.0557. The minimum Gasteiger partial charge on any atom is -0.496 e. The molecule has 33 nitrogen and oxygen atoms in total. The maximum absolute atomic E-state index is 13.9. The highest BCUT2D eigenvalue weighted by molar-refractivity contribution is 7.93. The van der Waals surface area contributed by atoms with E-state index in [2.05, 4.69) is 71.9 Å². The summed E-state index contributed by atoms with van der Waals surface area (Å²) in [6.45, 7) is 6.31. The molecule has 1 fully saturated rings. The number of nitrogens with one attached hydrogen (secondary N) is 10. The summed E-state index contributed by atoms with van der Waals surface area (Å²) in [4.78, 5) is 130. The summed E-state index contributed by atoms with van der Waals surface area (Å²) in [7, 11) is -6.07. The average Bonchev–Trinajstić information content (AvgIpc) is 1.39. The van der Waals surface area contributed by atoms with Gasteiger partial charge in [-0.15, -0.1) is 0 Å². The smallest absolute Gasteiger partial charge is 0.319 e. The first-order valence-corrected chi connectivity index (χ1v) is 36.4. The zero-order valence-electron chi connectivity index (χ0n) is 57.6. The molecule has 36 heteroatoms. The second-order valence-corrected chi connectivity index (χ2v) is 28.0. The van der Waals surface area contributed by atoms with Gasteiger partial charge in [0.25, 0.3) is 15.9 Å². The molecule has 558 valence electrons. The van der Waals surface area contributed by atoms with Crippen LogP contribution in [-0.2, 0) is 68.5 Å². The monoisotopic (exact) mass is 1480 g/mol. The molecule has 5 aromatic carbocycles. The number of halogens is 1. The molecule has 2 heterocycles. The SMILES string of the molecule is CCCNC(=O)Nc1cccc(S(=O)(=O)Nc2cccc(C(CC(=O)O)NC(=O)Nc3ccc(NC(=O)NCCOCCOCCOCCC(=O)NC(CC(=O)O)C(=O)N4CCCC4C(=O)NC(C(=O)N=S(C)(=O)Cc4cccc(Nc5ncnc(-c6ccc(F)cc6OC)n5)c4)C(C)C)cc3)c2)c1. The van der Waals surface area contributed by atoms with Crippen molar-refractivity contribution in [3.8, 4) is 17.1 Å². The Morgan fingerprint density at radius 1 is 0.683 bits per heavy atom. The topological polar surface area (TPSA) is 457 Å². The highest BCUT2D eigenvalue weighted by atomic mass is 32.2. The highest BCUT2D eigenvalue weighted by Gasteiger charge is 2.40. The van der Waals surface area contributed by atoms with Crippen molar-refractivity contribution in [3.63, 3.8) is 0 Å². The molecule has 1 saturated heterocycles. The lowest BCUT2D eigenvalue weighted by atomic mass is 10.0. The van der Waals surface area contributed by atoms with E-state index in [1.807, 2.05) is 6.92 Å². The number of aliphatic carboxylic acids is 2. The first kappa shape index (κ1) is 80.4. The van der Waals surface area contributed by atoms with Crippen molar-refractivity contribution in [2.24, 2.45) is 10.3 Å². The molecule has 6 aromatic rings. The molecule has 0 saturated carbocycles. The van der Waals surface area contributed by atoms with Gasteiger partial charge in [-0.25, -0.2) is 41.4 Å². The lowest BCUT2D eigenvalue weighted by Crippen LogP contribution is -2.56. The lowest BCUT2D eigenvalue weighted by molar-refractivity contribution is -0.146. The molecular formula is C68H84FN15O18S2. The van der Waals surface area contributed by atoms with Crippen LogP contribution in [0.25, 0.3) is 11.4 Å². The van der Waals surface area contributed by atoms with E-state index in [1.54, 1.807) is 38.1 Å². The standard InChI is InChI=1S/C68H84FN15O18S2/c1-6-25-70-66(93)77-49-14-9-16-51(37-49)104(97,98)82-50-15-8-12-44(35-50)53(38-58(86)87)79-68(95)76-47-21-19-46(20-22-47)75-67(94)71-26-29-101-31-33-102-32-30-100-28-24-57(85)78-54(39-59(88)89)64(92)84-27-10-17-55(84)62(90)80-60(42(2)3)63(91)83-103(5,96)40-43-11-7-13-48(34-43)74-65-73-41-72-61(81-65)52-23-18-45(69)36-56(52)99-4/h7-9,11-16,18-23,34-37,41-42,53-55,60,82H,6,10,17,24-33,38-40H2,1-5H3,(H,78,85)(H,80,90)(H,86,87)(H,88,89)(H2,70,77,93)(H2,71,75,94)(H2,76,79,95)(H,72,73,74,81). The number of urea groups is 3. The number of sulfonamides is 1. The summed E-state index contributed by atoms with van der Waals surface area (Å²) in [6.07, 6.45) is 2.21. The molecule has 0 radical (unpaired) electrons. The van der Waals surface area contributed by atoms with Gasteiger partial charge in [-0.2, -0.15) is 9.35 Å². The number of carbonyl (C=O) groups excluding carboxylic acids is 7. The van der Waals surface area contributed by atoms with Gasteiger partial charge in [-0.05, 0) is 115 Å². The molecular weight excluding hydrogens is 1400 g/mol. The molecule has 1 aromatic heterocycles. The number of carboxylic acids is 2. The summed E-state index contributed by atoms with van der Waals surface area (Å²) in [6, 6.07) is 21.3. The van der Waals surface area contributed by atoms with E-state index < -0.39 is 122 Å². The van der Waals surface area contributed by atoms with E-state index >= 15 is 0 Å². The van der Waals surface area contributed by atoms with Gasteiger partial charge in [0, 0.05) is 66.8 Å². The molecule has 1 aliphatic rings. The zero-order valence-corrected chi connectivity index (χ0v) is 59.2. The van der Waals surface area contributed by atoms with Gasteiger partial charge in [-0.3, -0.25) is 33.5 Å². The van der Waals surface area contributed by atoms with Crippen molar-refractivity contribution >= 4 is 108 Å². The van der Waals surface area contributed by atoms with Crippen LogP contribution in [0.5, 0.6) is 5.75 Å². The second kappa shape index (κ2) is 39.5. The quantitative estimate of drug-likeness (QED) is 0.0182. The minimum atomic E-state index is -4.19. The molecule has 0 spiro atoms. The fourth-order valence-electron chi connectivity index (χ4n) is 10.4. The third-order valence-corrected chi connectivity index (χ3v) is 18.1. The van der Waals surface area contributed by atoms with E-state index in [0.29, 0.717) is 47.6 Å². The Hall–Kier alpha value is -11.0. The highest BCUT2D eigenvalue weighted by Crippen LogP contribution is 2.30. The number of carbonyl (C=O) groups is 9. The Balaban J connectivity index is 0.762. The summed E-state index contributed by atoms with van der Waals surface area (Å²) < 4.78 is 82.8. The first-order valence-electron chi connectivity index (χ1n) is 32.9. The number of aromatic nitrogens is 3. The molecule has 104 heavy (non-hydrogen) atoms. The van der Waals surface area contributed by atoms with Gasteiger partial charge in [0.2, 0.25) is 23.7 Å². The molecule has 0 aliphatic carbocycles. The van der Waals surface area contributed by atoms with Crippen molar-refractivity contribution in [2.75, 3.05) is 98.6 Å². The summed E-state index contributed by atoms with van der Waals surface area (Å²) in [5.74, 6) is -6.37. The third-order valence-electron chi connectivity index (χ3n) is 15.3. The third kappa shape index (κ3) is 26.1. The number of nitrogens with zero attached hydrogens (tertiary/aromatic N) is 5. The van der Waals surface area contributed by atoms with Crippen molar-refractivity contribution in [1.29, 1.82) is 0 Å². The first-order chi connectivity index (χ1) is 49.7. The molecule has 1 aliphatic heterocycles. The fourth-order valence-corrected chi connectivity index (χ4v) is 12.8. The second-order valence-electron chi connectivity index (χ2n) is 23.9. The van der Waals surface area contributed by atoms with Crippen LogP contribution in [0.2, 0.25) is 0 Å². The van der Waals surface area contributed by atoms with Crippen molar-refractivity contribution < 1.29 is 89.3 Å². The van der Waals surface area contributed by atoms with Crippen molar-refractivity contribution in [3.05, 3.63) is 139 Å². The van der Waals surface area contributed by atoms with Crippen LogP contribution in [0.1, 0.15) is 76.5 Å². The van der Waals surface area contributed by atoms with Crippen molar-refractivity contribution in [1.82, 2.24) is 46.4 Å². The fraction of sp³-hybridized carbons (Fsp3) is 0.382. The van der Waals surface area contributed by atoms with Crippen LogP contribution >= 0.6 is 0 Å². The van der Waals surface area contributed by atoms with Gasteiger partial charge >= 0.3 is 30.0 Å². The van der Waals surface area contributed by atoms with Crippen LogP contribution in [-0.4, -0.2) is 187 Å². The van der Waals surface area contributed by atoms with E-state index in [-0.39, 0.29) is 111 Å². The number of rotatable bonds is 38. The van der Waals surface area contributed by atoms with Crippen molar-refractivity contribution in [2.45, 2.75) is 94.1 Å². The Kier molecular flexibility index (Phi) is 30.5. The molecule has 12 N–H and O–H groups in total. The molecule has 10 amide bonds. The van der Waals surface area contributed by atoms with Gasteiger partial charge in [0.05, 0.1) is 91.6 Å². The van der Waals surface area contributed by atoms with Crippen LogP contribution in [0.15, 0.2) is 131 Å². The van der Waals surface area contributed by atoms with E-state index in [9.17, 15) is 70.4 Å². The lowest BCUT2D eigenvalue weighted by Gasteiger charge is -2.29. The van der Waals surface area contributed by atoms with Gasteiger partial charge in [-0.1, -0.05) is 51.1 Å². The average molecular weight is 1480 g/mol. The van der Waals surface area contributed by atoms with Gasteiger partial charge in [0.1, 0.15) is 36.0 Å². The van der Waals surface area contributed by atoms with Gasteiger partial charge < -0.3 is 81.9 Å². The summed E-state index contributed by atoms with van der Waals surface area (Å²) >= 11 is 0. The molecule has 0 bridgehead atoms. The predicted octanol–water partition coefficient (Wildman–Crippen LogP) is 6.58. The maximum Gasteiger partial charge on any atom is 0.319 e. The summed E-state index contributed by atoms with van der Waals surface area (Å²) in [5, 5.41) is 43.3. The van der Waals surface area contributed by atoms with Crippen LogP contribution in [0, 0.1) is 11.7 Å². The largest absolute Gasteiger partial charge is 0.496 e. The van der Waals surface area contributed by atoms with E-state index in [0.717, 1.165) is 0 Å². The van der Waals surface area contributed by atoms with Crippen LogP contribution in [0.4, 0.5) is 53.2 Å². The number of benzene rings is 5. The Morgan fingerprint density at radius 3 is 2.00 bits per heavy atom. The van der Waals surface area contributed by atoms with Crippen LogP contribution < -0.4 is 57.3 Å². The maximum atomic E-state index is 13.9. The van der Waals surface area contributed by atoms with E-state index in [4.69, 9.17) is 18.9 Å². The molecule has 5 atom stereocenters. The number of carboxylic acid groups (broad SMARTS) is 2. The zero-order chi connectivity index (χ0) is 75.3. The number of ether oxygens (including phenoxy) is 4. The number of likely N-dealkylation sites (tertiary alicyclic amines) is 1. The molecule has 7 rings (SSSR count). The number of anilines is 6. The number of hydrogen-bond donors (Lipinski definition) is 12. The van der Waals surface area contributed by atoms with E-state index in [1.165, 1.54) is 116 Å². The van der Waals surface area contributed by atoms with Crippen LogP contribution in [0.3, 0.4) is 0 Å². The Bertz CT molecular complexity index is 4260. The normalized spacial score (nSPS) is 14.1. The number of hydrogen-bond acceptors (Lipinski definition) is 20. The molecule has 5 unspecified atom stereocenters.